The molecular weight excluding hydrogens is 347 g/mol. The van der Waals surface area contributed by atoms with Crippen LogP contribution in [0.25, 0.3) is 0 Å². The average Bonchev–Trinajstić information content (AvgIpc) is 3.13. The van der Waals surface area contributed by atoms with Gasteiger partial charge in [-0.1, -0.05) is 24.3 Å². The van der Waals surface area contributed by atoms with Gasteiger partial charge < -0.3 is 8.37 Å². The van der Waals surface area contributed by atoms with E-state index < -0.39 is 8.25 Å². The van der Waals surface area contributed by atoms with Gasteiger partial charge >= 0.3 is 8.25 Å². The third kappa shape index (κ3) is 2.62. The first-order chi connectivity index (χ1) is 10.8. The highest BCUT2D eigenvalue weighted by Gasteiger charge is 2.29. The summed E-state index contributed by atoms with van der Waals surface area (Å²) in [5.74, 6) is 1.29. The summed E-state index contributed by atoms with van der Waals surface area (Å²) < 4.78 is 36.0. The molecule has 0 saturated heterocycles. The van der Waals surface area contributed by atoms with E-state index in [1.165, 1.54) is 8.94 Å². The van der Waals surface area contributed by atoms with Crippen LogP contribution in [-0.2, 0) is 13.8 Å². The van der Waals surface area contributed by atoms with Gasteiger partial charge in [0.2, 0.25) is 24.5 Å². The number of anilines is 2. The lowest BCUT2D eigenvalue weighted by Crippen LogP contribution is -2.12. The fraction of sp³-hybridized carbons (Fsp3) is 0. The molecule has 2 aromatic rings. The van der Waals surface area contributed by atoms with Crippen LogP contribution in [-0.4, -0.2) is 0 Å². The number of rotatable bonds is 4. The molecule has 0 atom stereocenters. The predicted molar refractivity (Wildman–Crippen MR) is 85.5 cm³/mol. The number of fused-ring (bicyclic) bond motifs is 2. The van der Waals surface area contributed by atoms with Crippen LogP contribution < -0.4 is 17.3 Å². The summed E-state index contributed by atoms with van der Waals surface area (Å²) in [7, 11) is -2.84. The van der Waals surface area contributed by atoms with Crippen LogP contribution in [0.5, 0.6) is 11.5 Å². The largest absolute Gasteiger partial charge is 0.401 e. The molecule has 2 aliphatic rings. The molecule has 0 N–H and O–H groups in total. The summed E-state index contributed by atoms with van der Waals surface area (Å²) in [6, 6.07) is 14.6. The zero-order chi connectivity index (χ0) is 14.9. The van der Waals surface area contributed by atoms with Crippen molar-refractivity contribution >= 4 is 44.1 Å². The molecular formula is C12H9N2O5PS2. The van der Waals surface area contributed by atoms with Crippen molar-refractivity contribution in [1.82, 2.24) is 0 Å². The monoisotopic (exact) mass is 356 g/mol. The Hall–Kier alpha value is -1.51. The van der Waals surface area contributed by atoms with Crippen LogP contribution in [0.15, 0.2) is 48.5 Å². The summed E-state index contributed by atoms with van der Waals surface area (Å²) >= 11 is 1.89. The molecule has 0 unspecified atom stereocenters. The summed E-state index contributed by atoms with van der Waals surface area (Å²) in [5.41, 5.74) is 1.36. The van der Waals surface area contributed by atoms with Crippen molar-refractivity contribution in [3.63, 3.8) is 0 Å². The van der Waals surface area contributed by atoms with Gasteiger partial charge in [0.1, 0.15) is 11.4 Å². The van der Waals surface area contributed by atoms with E-state index in [4.69, 9.17) is 17.6 Å². The molecule has 2 aliphatic heterocycles. The molecule has 0 aliphatic carbocycles. The Kier molecular flexibility index (Phi) is 3.81. The van der Waals surface area contributed by atoms with E-state index in [0.717, 1.165) is 24.5 Å². The van der Waals surface area contributed by atoms with E-state index in [2.05, 4.69) is 0 Å². The van der Waals surface area contributed by atoms with Crippen molar-refractivity contribution in [1.29, 1.82) is 0 Å². The summed E-state index contributed by atoms with van der Waals surface area (Å²) in [4.78, 5) is 0. The second-order valence-corrected chi connectivity index (χ2v) is 6.36. The fourth-order valence-electron chi connectivity index (χ4n) is 1.87. The molecule has 0 amide bonds. The lowest BCUT2D eigenvalue weighted by molar-refractivity contribution is 0.253. The van der Waals surface area contributed by atoms with E-state index in [9.17, 15) is 4.57 Å². The molecule has 0 aromatic heterocycles. The molecule has 114 valence electrons. The van der Waals surface area contributed by atoms with Crippen molar-refractivity contribution in [2.75, 3.05) is 8.94 Å². The molecule has 4 rings (SSSR count). The minimum absolute atomic E-state index is 0.645. The number of benzene rings is 2. The Morgan fingerprint density at radius 3 is 1.77 bits per heavy atom. The number of nitrogens with zero attached hydrogens (tertiary/aromatic N) is 2. The van der Waals surface area contributed by atoms with Crippen LogP contribution in [0.3, 0.4) is 0 Å². The van der Waals surface area contributed by atoms with Gasteiger partial charge in [-0.25, -0.2) is 0 Å². The normalized spacial score (nSPS) is 15.5. The van der Waals surface area contributed by atoms with Crippen molar-refractivity contribution in [2.24, 2.45) is 0 Å². The topological polar surface area (TPSA) is 60.5 Å². The fourth-order valence-corrected chi connectivity index (χ4v) is 4.02. The first-order valence-electron chi connectivity index (χ1n) is 6.19. The number of hydrogen-bond donors (Lipinski definition) is 0. The third-order valence-electron chi connectivity index (χ3n) is 2.83. The van der Waals surface area contributed by atoms with Gasteiger partial charge in [0.25, 0.3) is 0 Å². The van der Waals surface area contributed by atoms with Crippen LogP contribution >= 0.6 is 32.7 Å². The summed E-state index contributed by atoms with van der Waals surface area (Å²) in [6.45, 7) is 0. The van der Waals surface area contributed by atoms with E-state index in [1.54, 1.807) is 24.3 Å². The van der Waals surface area contributed by atoms with E-state index in [0.29, 0.717) is 22.9 Å². The standard InChI is InChI=1S/C12H9N2O5PS2/c15-20(18-13-9-5-1-3-7-11(9)16-21-13)19-14-10-6-2-4-8-12(10)17-22-14/h1-8,20H. The average molecular weight is 356 g/mol. The van der Waals surface area contributed by atoms with Gasteiger partial charge in [0.05, 0.1) is 0 Å². The predicted octanol–water partition coefficient (Wildman–Crippen LogP) is 4.16. The van der Waals surface area contributed by atoms with Crippen molar-refractivity contribution in [2.45, 2.75) is 0 Å². The molecule has 2 aromatic carbocycles. The van der Waals surface area contributed by atoms with Crippen LogP contribution in [0.4, 0.5) is 11.4 Å². The van der Waals surface area contributed by atoms with Gasteiger partial charge in [-0.3, -0.25) is 4.57 Å². The quantitative estimate of drug-likeness (QED) is 0.456. The van der Waals surface area contributed by atoms with E-state index in [1.807, 2.05) is 24.3 Å². The molecule has 22 heavy (non-hydrogen) atoms. The van der Waals surface area contributed by atoms with Gasteiger partial charge in [-0.15, -0.1) is 8.94 Å². The Bertz CT molecular complexity index is 675. The maximum atomic E-state index is 12.1. The number of para-hydroxylation sites is 4. The van der Waals surface area contributed by atoms with Gasteiger partial charge in [-0.05, 0) is 24.3 Å². The lowest BCUT2D eigenvalue weighted by atomic mass is 10.3. The van der Waals surface area contributed by atoms with Crippen molar-refractivity contribution in [3.8, 4) is 11.5 Å². The smallest absolute Gasteiger partial charge is 0.363 e. The van der Waals surface area contributed by atoms with Gasteiger partial charge in [0.15, 0.2) is 11.5 Å². The second kappa shape index (κ2) is 5.94. The SMILES string of the molecule is O=[PH](ON1SOc2ccccc21)ON1SOc2ccccc21. The summed E-state index contributed by atoms with van der Waals surface area (Å²) in [5, 5.41) is 0. The molecule has 0 fully saturated rings. The maximum absolute atomic E-state index is 12.1. The Morgan fingerprint density at radius 1 is 0.818 bits per heavy atom. The Balaban J connectivity index is 1.42. The van der Waals surface area contributed by atoms with E-state index >= 15 is 0 Å². The minimum atomic E-state index is -2.84. The van der Waals surface area contributed by atoms with E-state index in [-0.39, 0.29) is 0 Å². The zero-order valence-electron chi connectivity index (χ0n) is 10.9. The lowest BCUT2D eigenvalue weighted by Gasteiger charge is -2.16. The van der Waals surface area contributed by atoms with Crippen LogP contribution in [0, 0.1) is 0 Å². The third-order valence-corrected chi connectivity index (χ3v) is 5.08. The maximum Gasteiger partial charge on any atom is 0.363 e. The van der Waals surface area contributed by atoms with Crippen molar-refractivity contribution < 1.29 is 22.2 Å². The molecule has 7 nitrogen and oxygen atoms in total. The first-order valence-corrected chi connectivity index (χ1v) is 8.81. The minimum Gasteiger partial charge on any atom is -0.401 e. The highest BCUT2D eigenvalue weighted by molar-refractivity contribution is 7.97. The van der Waals surface area contributed by atoms with Crippen LogP contribution in [0.2, 0.25) is 0 Å². The highest BCUT2D eigenvalue weighted by Crippen LogP contribution is 2.48. The molecule has 0 saturated carbocycles. The Morgan fingerprint density at radius 2 is 1.27 bits per heavy atom. The van der Waals surface area contributed by atoms with Gasteiger partial charge in [0, 0.05) is 0 Å². The first kappa shape index (κ1) is 14.1. The highest BCUT2D eigenvalue weighted by atomic mass is 32.2. The van der Waals surface area contributed by atoms with Crippen molar-refractivity contribution in [3.05, 3.63) is 48.5 Å². The second-order valence-electron chi connectivity index (χ2n) is 4.20. The van der Waals surface area contributed by atoms with Gasteiger partial charge in [-0.2, -0.15) is 9.25 Å². The zero-order valence-corrected chi connectivity index (χ0v) is 13.5. The molecule has 0 radical (unpaired) electrons. The van der Waals surface area contributed by atoms with Crippen LogP contribution in [0.1, 0.15) is 0 Å². The molecule has 0 spiro atoms. The Labute approximate surface area is 135 Å². The molecule has 2 heterocycles. The number of hydrogen-bond acceptors (Lipinski definition) is 9. The molecule has 10 heteroatoms. The summed E-state index contributed by atoms with van der Waals surface area (Å²) in [6.07, 6.45) is 0. The molecule has 0 bridgehead atoms.